The van der Waals surface area contributed by atoms with E-state index in [0.29, 0.717) is 23.4 Å². The largest absolute Gasteiger partial charge is 0.481 e. The number of hydrogen-bond donors (Lipinski definition) is 3. The smallest absolute Gasteiger partial charge is 0.311 e. The molecule has 1 aliphatic carbocycles. The van der Waals surface area contributed by atoms with Crippen molar-refractivity contribution in [2.45, 2.75) is 32.7 Å². The minimum absolute atomic E-state index is 0.0757. The van der Waals surface area contributed by atoms with Crippen molar-refractivity contribution < 1.29 is 19.5 Å². The molecule has 7 heteroatoms. The number of nitrogens with one attached hydrogen (secondary N) is 2. The van der Waals surface area contributed by atoms with E-state index in [1.54, 1.807) is 38.1 Å². The van der Waals surface area contributed by atoms with Gasteiger partial charge in [0.2, 0.25) is 5.91 Å². The Kier molecular flexibility index (Phi) is 5.49. The maximum absolute atomic E-state index is 12.4. The summed E-state index contributed by atoms with van der Waals surface area (Å²) in [7, 11) is 0. The van der Waals surface area contributed by atoms with Gasteiger partial charge in [0.15, 0.2) is 0 Å². The molecule has 3 N–H and O–H groups in total. The molecule has 1 saturated carbocycles. The number of carboxylic acids is 1. The second kappa shape index (κ2) is 7.21. The molecule has 6 nitrogen and oxygen atoms in total. The third-order valence-electron chi connectivity index (χ3n) is 4.26. The molecule has 0 saturated heterocycles. The van der Waals surface area contributed by atoms with Crippen molar-refractivity contribution in [1.82, 2.24) is 10.6 Å². The Morgan fingerprint density at radius 3 is 2.38 bits per heavy atom. The number of carboxylic acid groups (broad SMARTS) is 1. The number of aliphatic carboxylic acids is 1. The molecule has 0 aromatic heterocycles. The van der Waals surface area contributed by atoms with E-state index in [9.17, 15) is 14.4 Å². The minimum atomic E-state index is -0.899. The first-order chi connectivity index (χ1) is 11.3. The Labute approximate surface area is 145 Å². The molecule has 1 fully saturated rings. The van der Waals surface area contributed by atoms with Crippen LogP contribution in [0.3, 0.4) is 0 Å². The van der Waals surface area contributed by atoms with Crippen LogP contribution >= 0.6 is 11.6 Å². The lowest BCUT2D eigenvalue weighted by Gasteiger charge is -2.23. The molecule has 0 aliphatic heterocycles. The Hall–Kier alpha value is -2.08. The van der Waals surface area contributed by atoms with Crippen molar-refractivity contribution in [1.29, 1.82) is 0 Å². The number of hydrogen-bond acceptors (Lipinski definition) is 3. The lowest BCUT2D eigenvalue weighted by atomic mass is 10.0. The SMILES string of the molecule is CC(C)C(NC(=O)c1ccccc1Cl)C(=O)NCC1(C(=O)O)CC1. The number of amides is 2. The van der Waals surface area contributed by atoms with Crippen molar-refractivity contribution in [3.63, 3.8) is 0 Å². The number of halogens is 1. The van der Waals surface area contributed by atoms with Gasteiger partial charge in [-0.1, -0.05) is 37.6 Å². The van der Waals surface area contributed by atoms with Crippen LogP contribution in [0.1, 0.15) is 37.0 Å². The van der Waals surface area contributed by atoms with Gasteiger partial charge in [0.1, 0.15) is 6.04 Å². The Morgan fingerprint density at radius 1 is 1.25 bits per heavy atom. The molecule has 1 aromatic rings. The van der Waals surface area contributed by atoms with Gasteiger partial charge < -0.3 is 15.7 Å². The lowest BCUT2D eigenvalue weighted by Crippen LogP contribution is -2.51. The second-order valence-electron chi connectivity index (χ2n) is 6.48. The van der Waals surface area contributed by atoms with Gasteiger partial charge >= 0.3 is 5.97 Å². The molecule has 1 atom stereocenters. The highest BCUT2D eigenvalue weighted by Crippen LogP contribution is 2.45. The Bertz CT molecular complexity index is 656. The maximum atomic E-state index is 12.4. The van der Waals surface area contributed by atoms with Crippen LogP contribution in [-0.4, -0.2) is 35.5 Å². The molecule has 0 radical (unpaired) electrons. The minimum Gasteiger partial charge on any atom is -0.481 e. The van der Waals surface area contributed by atoms with E-state index in [1.807, 2.05) is 0 Å². The molecule has 0 spiro atoms. The molecule has 1 aliphatic rings. The zero-order chi connectivity index (χ0) is 17.9. The molecule has 2 amide bonds. The van der Waals surface area contributed by atoms with Crippen LogP contribution in [0.2, 0.25) is 5.02 Å². The van der Waals surface area contributed by atoms with E-state index < -0.39 is 29.2 Å². The molecular formula is C17H21ClN2O4. The summed E-state index contributed by atoms with van der Waals surface area (Å²) in [5.74, 6) is -1.88. The van der Waals surface area contributed by atoms with E-state index in [2.05, 4.69) is 10.6 Å². The van der Waals surface area contributed by atoms with Gasteiger partial charge in [0, 0.05) is 6.54 Å². The van der Waals surface area contributed by atoms with Gasteiger partial charge in [0.05, 0.1) is 16.0 Å². The Morgan fingerprint density at radius 2 is 1.88 bits per heavy atom. The highest BCUT2D eigenvalue weighted by Gasteiger charge is 2.50. The van der Waals surface area contributed by atoms with E-state index >= 15 is 0 Å². The first kappa shape index (κ1) is 18.3. The zero-order valence-corrected chi connectivity index (χ0v) is 14.4. The predicted octanol–water partition coefficient (Wildman–Crippen LogP) is 2.08. The highest BCUT2D eigenvalue weighted by molar-refractivity contribution is 6.33. The van der Waals surface area contributed by atoms with E-state index in [-0.39, 0.29) is 12.5 Å². The van der Waals surface area contributed by atoms with Crippen LogP contribution in [0.5, 0.6) is 0 Å². The van der Waals surface area contributed by atoms with Crippen LogP contribution < -0.4 is 10.6 Å². The second-order valence-corrected chi connectivity index (χ2v) is 6.89. The summed E-state index contributed by atoms with van der Waals surface area (Å²) in [5, 5.41) is 14.8. The summed E-state index contributed by atoms with van der Waals surface area (Å²) < 4.78 is 0. The van der Waals surface area contributed by atoms with Crippen LogP contribution in [0, 0.1) is 11.3 Å². The first-order valence-electron chi connectivity index (χ1n) is 7.83. The molecule has 1 aromatic carbocycles. The normalized spacial score (nSPS) is 16.3. The number of carbonyl (C=O) groups excluding carboxylic acids is 2. The fourth-order valence-electron chi connectivity index (χ4n) is 2.38. The van der Waals surface area contributed by atoms with E-state index in [4.69, 9.17) is 16.7 Å². The topological polar surface area (TPSA) is 95.5 Å². The molecule has 2 rings (SSSR count). The van der Waals surface area contributed by atoms with Gasteiger partial charge in [-0.3, -0.25) is 14.4 Å². The van der Waals surface area contributed by atoms with Gasteiger partial charge in [-0.25, -0.2) is 0 Å². The number of carbonyl (C=O) groups is 3. The van der Waals surface area contributed by atoms with Gasteiger partial charge in [-0.15, -0.1) is 0 Å². The van der Waals surface area contributed by atoms with E-state index in [0.717, 1.165) is 0 Å². The quantitative estimate of drug-likeness (QED) is 0.700. The van der Waals surface area contributed by atoms with Crippen molar-refractivity contribution >= 4 is 29.4 Å². The molecule has 24 heavy (non-hydrogen) atoms. The fraction of sp³-hybridized carbons (Fsp3) is 0.471. The van der Waals surface area contributed by atoms with Crippen LogP contribution in [0.25, 0.3) is 0 Å². The lowest BCUT2D eigenvalue weighted by molar-refractivity contribution is -0.143. The van der Waals surface area contributed by atoms with Gasteiger partial charge in [0.25, 0.3) is 5.91 Å². The molecule has 1 unspecified atom stereocenters. The zero-order valence-electron chi connectivity index (χ0n) is 13.6. The average molecular weight is 353 g/mol. The van der Waals surface area contributed by atoms with Crippen molar-refractivity contribution in [3.8, 4) is 0 Å². The van der Waals surface area contributed by atoms with Crippen LogP contribution in [-0.2, 0) is 9.59 Å². The number of benzene rings is 1. The molecular weight excluding hydrogens is 332 g/mol. The third kappa shape index (κ3) is 4.06. The number of rotatable bonds is 7. The van der Waals surface area contributed by atoms with Crippen molar-refractivity contribution in [2.24, 2.45) is 11.3 Å². The monoisotopic (exact) mass is 352 g/mol. The van der Waals surface area contributed by atoms with Crippen LogP contribution in [0.15, 0.2) is 24.3 Å². The summed E-state index contributed by atoms with van der Waals surface area (Å²) in [6.07, 6.45) is 1.11. The third-order valence-corrected chi connectivity index (χ3v) is 4.59. The summed E-state index contributed by atoms with van der Waals surface area (Å²) in [4.78, 5) is 35.9. The highest BCUT2D eigenvalue weighted by atomic mass is 35.5. The van der Waals surface area contributed by atoms with Gasteiger partial charge in [-0.05, 0) is 30.9 Å². The van der Waals surface area contributed by atoms with E-state index in [1.165, 1.54) is 0 Å². The standard InChI is InChI=1S/C17H21ClN2O4/c1-10(2)13(15(22)19-9-17(7-8-17)16(23)24)20-14(21)11-5-3-4-6-12(11)18/h3-6,10,13H,7-9H2,1-2H3,(H,19,22)(H,20,21)(H,23,24). The maximum Gasteiger partial charge on any atom is 0.311 e. The summed E-state index contributed by atoms with van der Waals surface area (Å²) in [5.41, 5.74) is -0.550. The van der Waals surface area contributed by atoms with Crippen molar-refractivity contribution in [2.75, 3.05) is 6.54 Å². The summed E-state index contributed by atoms with van der Waals surface area (Å²) in [6, 6.07) is 5.82. The van der Waals surface area contributed by atoms with Gasteiger partial charge in [-0.2, -0.15) is 0 Å². The molecule has 130 valence electrons. The first-order valence-corrected chi connectivity index (χ1v) is 8.21. The average Bonchev–Trinajstić information content (AvgIpc) is 3.31. The molecule has 0 heterocycles. The fourth-order valence-corrected chi connectivity index (χ4v) is 2.60. The summed E-state index contributed by atoms with van der Waals surface area (Å²) in [6.45, 7) is 3.69. The van der Waals surface area contributed by atoms with Crippen LogP contribution in [0.4, 0.5) is 0 Å². The predicted molar refractivity (Wildman–Crippen MR) is 89.9 cm³/mol. The summed E-state index contributed by atoms with van der Waals surface area (Å²) >= 11 is 6.00. The molecule has 0 bridgehead atoms. The van der Waals surface area contributed by atoms with Crippen molar-refractivity contribution in [3.05, 3.63) is 34.9 Å². The Balaban J connectivity index is 2.01.